The number of furan rings is 1. The first-order chi connectivity index (χ1) is 8.86. The maximum absolute atomic E-state index is 5.65. The highest BCUT2D eigenvalue weighted by Gasteiger charge is 2.16. The highest BCUT2D eigenvalue weighted by molar-refractivity contribution is 5.49. The van der Waals surface area contributed by atoms with E-state index in [0.29, 0.717) is 5.82 Å². The first-order valence-electron chi connectivity index (χ1n) is 6.34. The van der Waals surface area contributed by atoms with Crippen LogP contribution in [0.4, 0.5) is 5.95 Å². The molecule has 96 valence electrons. The predicted octanol–water partition coefficient (Wildman–Crippen LogP) is 1.04. The van der Waals surface area contributed by atoms with Crippen LogP contribution in [-0.4, -0.2) is 41.4 Å². The molecule has 1 aliphatic heterocycles. The molecule has 3 heterocycles. The summed E-state index contributed by atoms with van der Waals surface area (Å²) in [6.07, 6.45) is 0.888. The van der Waals surface area contributed by atoms with E-state index in [0.717, 1.165) is 50.1 Å². The van der Waals surface area contributed by atoms with Gasteiger partial charge in [-0.3, -0.25) is 5.10 Å². The predicted molar refractivity (Wildman–Crippen MR) is 68.5 cm³/mol. The van der Waals surface area contributed by atoms with E-state index in [1.54, 1.807) is 0 Å². The molecule has 1 fully saturated rings. The third kappa shape index (κ3) is 2.11. The zero-order valence-electron chi connectivity index (χ0n) is 10.4. The first-order valence-corrected chi connectivity index (χ1v) is 6.34. The number of hydrogen-bond acceptors (Lipinski definition) is 5. The number of H-pyrrole nitrogens is 1. The topological polar surface area (TPSA) is 70.0 Å². The van der Waals surface area contributed by atoms with Crippen LogP contribution in [0.1, 0.15) is 12.7 Å². The van der Waals surface area contributed by atoms with Crippen molar-refractivity contribution >= 4 is 5.95 Å². The molecule has 6 nitrogen and oxygen atoms in total. The van der Waals surface area contributed by atoms with Gasteiger partial charge in [0.15, 0.2) is 11.6 Å². The van der Waals surface area contributed by atoms with Crippen molar-refractivity contribution in [2.75, 3.05) is 31.1 Å². The standard InChI is InChI=1S/C12H17N5O/c1-2-9-3-4-10(18-9)11-14-12(16-15-11)17-7-5-13-6-8-17/h3-4,13H,2,5-8H2,1H3,(H,14,15,16). The number of aromatic amines is 1. The largest absolute Gasteiger partial charge is 0.458 e. The Kier molecular flexibility index (Phi) is 3.02. The lowest BCUT2D eigenvalue weighted by Crippen LogP contribution is -2.44. The van der Waals surface area contributed by atoms with E-state index >= 15 is 0 Å². The Morgan fingerprint density at radius 3 is 2.89 bits per heavy atom. The van der Waals surface area contributed by atoms with E-state index < -0.39 is 0 Å². The second-order valence-corrected chi connectivity index (χ2v) is 4.34. The summed E-state index contributed by atoms with van der Waals surface area (Å²) in [5.74, 6) is 3.16. The molecular weight excluding hydrogens is 230 g/mol. The van der Waals surface area contributed by atoms with Crippen LogP contribution >= 0.6 is 0 Å². The van der Waals surface area contributed by atoms with Crippen molar-refractivity contribution in [3.05, 3.63) is 17.9 Å². The highest BCUT2D eigenvalue weighted by Crippen LogP contribution is 2.20. The van der Waals surface area contributed by atoms with E-state index in [4.69, 9.17) is 4.42 Å². The number of piperazine rings is 1. The molecule has 2 N–H and O–H groups in total. The highest BCUT2D eigenvalue weighted by atomic mass is 16.3. The minimum absolute atomic E-state index is 0.697. The van der Waals surface area contributed by atoms with Gasteiger partial charge in [-0.25, -0.2) is 0 Å². The van der Waals surface area contributed by atoms with Gasteiger partial charge in [-0.1, -0.05) is 6.92 Å². The molecule has 0 aliphatic carbocycles. The molecule has 1 aliphatic rings. The van der Waals surface area contributed by atoms with E-state index in [1.165, 1.54) is 0 Å². The number of aromatic nitrogens is 3. The van der Waals surface area contributed by atoms with Gasteiger partial charge in [-0.05, 0) is 12.1 Å². The second kappa shape index (κ2) is 4.81. The number of anilines is 1. The van der Waals surface area contributed by atoms with Gasteiger partial charge in [0.25, 0.3) is 0 Å². The summed E-state index contributed by atoms with van der Waals surface area (Å²) in [6.45, 7) is 5.90. The third-order valence-electron chi connectivity index (χ3n) is 3.12. The summed E-state index contributed by atoms with van der Waals surface area (Å²) in [5, 5.41) is 10.5. The van der Waals surface area contributed by atoms with E-state index in [-0.39, 0.29) is 0 Å². The molecule has 2 aromatic heterocycles. The Balaban J connectivity index is 1.79. The molecule has 0 aromatic carbocycles. The maximum Gasteiger partial charge on any atom is 0.245 e. The normalized spacial score (nSPS) is 16.2. The van der Waals surface area contributed by atoms with Crippen molar-refractivity contribution in [1.82, 2.24) is 20.5 Å². The molecule has 2 aromatic rings. The molecule has 0 atom stereocenters. The molecule has 18 heavy (non-hydrogen) atoms. The summed E-state index contributed by atoms with van der Waals surface area (Å²) >= 11 is 0. The van der Waals surface area contributed by atoms with Crippen molar-refractivity contribution < 1.29 is 4.42 Å². The number of nitrogens with zero attached hydrogens (tertiary/aromatic N) is 3. The first kappa shape index (κ1) is 11.3. The molecule has 0 radical (unpaired) electrons. The smallest absolute Gasteiger partial charge is 0.245 e. The van der Waals surface area contributed by atoms with Crippen LogP contribution in [0.3, 0.4) is 0 Å². The van der Waals surface area contributed by atoms with E-state index in [9.17, 15) is 0 Å². The summed E-state index contributed by atoms with van der Waals surface area (Å²) in [5.41, 5.74) is 0. The Labute approximate surface area is 105 Å². The van der Waals surface area contributed by atoms with Crippen molar-refractivity contribution in [1.29, 1.82) is 0 Å². The van der Waals surface area contributed by atoms with E-state index in [2.05, 4.69) is 32.3 Å². The van der Waals surface area contributed by atoms with Crippen molar-refractivity contribution in [3.63, 3.8) is 0 Å². The lowest BCUT2D eigenvalue weighted by molar-refractivity contribution is 0.526. The van der Waals surface area contributed by atoms with Gasteiger partial charge in [0.05, 0.1) is 0 Å². The minimum atomic E-state index is 0.697. The summed E-state index contributed by atoms with van der Waals surface area (Å²) in [4.78, 5) is 6.66. The number of nitrogens with one attached hydrogen (secondary N) is 2. The summed E-state index contributed by atoms with van der Waals surface area (Å²) < 4.78 is 5.65. The fraction of sp³-hybridized carbons (Fsp3) is 0.500. The van der Waals surface area contributed by atoms with Crippen molar-refractivity contribution in [3.8, 4) is 11.6 Å². The molecule has 0 unspecified atom stereocenters. The van der Waals surface area contributed by atoms with Gasteiger partial charge < -0.3 is 14.6 Å². The molecule has 0 saturated carbocycles. The Bertz CT molecular complexity index is 512. The molecular formula is C12H17N5O. The average Bonchev–Trinajstić information content (AvgIpc) is 3.08. The van der Waals surface area contributed by atoms with Gasteiger partial charge in [0, 0.05) is 32.6 Å². The minimum Gasteiger partial charge on any atom is -0.458 e. The summed E-state index contributed by atoms with van der Waals surface area (Å²) in [6, 6.07) is 3.91. The average molecular weight is 247 g/mol. The van der Waals surface area contributed by atoms with Crippen LogP contribution in [-0.2, 0) is 6.42 Å². The second-order valence-electron chi connectivity index (χ2n) is 4.34. The molecule has 3 rings (SSSR count). The summed E-state index contributed by atoms with van der Waals surface area (Å²) in [7, 11) is 0. The zero-order valence-corrected chi connectivity index (χ0v) is 10.4. The van der Waals surface area contributed by atoms with Crippen molar-refractivity contribution in [2.24, 2.45) is 0 Å². The van der Waals surface area contributed by atoms with Crippen molar-refractivity contribution in [2.45, 2.75) is 13.3 Å². The fourth-order valence-electron chi connectivity index (χ4n) is 2.06. The Morgan fingerprint density at radius 1 is 1.33 bits per heavy atom. The zero-order chi connectivity index (χ0) is 12.4. The lowest BCUT2D eigenvalue weighted by atomic mass is 10.3. The monoisotopic (exact) mass is 247 g/mol. The van der Waals surface area contributed by atoms with Gasteiger partial charge in [-0.15, -0.1) is 5.10 Å². The molecule has 1 saturated heterocycles. The van der Waals surface area contributed by atoms with Gasteiger partial charge >= 0.3 is 0 Å². The van der Waals surface area contributed by atoms with Crippen LogP contribution in [0.5, 0.6) is 0 Å². The SMILES string of the molecule is CCc1ccc(-c2nc(N3CCNCC3)n[nH]2)o1. The number of hydrogen-bond donors (Lipinski definition) is 2. The van der Waals surface area contributed by atoms with Crippen LogP contribution in [0.2, 0.25) is 0 Å². The fourth-order valence-corrected chi connectivity index (χ4v) is 2.06. The number of aryl methyl sites for hydroxylation is 1. The van der Waals surface area contributed by atoms with Gasteiger partial charge in [0.1, 0.15) is 5.76 Å². The molecule has 6 heteroatoms. The van der Waals surface area contributed by atoms with Crippen LogP contribution in [0, 0.1) is 0 Å². The molecule has 0 spiro atoms. The third-order valence-corrected chi connectivity index (χ3v) is 3.12. The quantitative estimate of drug-likeness (QED) is 0.848. The van der Waals surface area contributed by atoms with Crippen LogP contribution in [0.15, 0.2) is 16.5 Å². The Hall–Kier alpha value is -1.82. The van der Waals surface area contributed by atoms with Gasteiger partial charge in [-0.2, -0.15) is 4.98 Å². The number of rotatable bonds is 3. The maximum atomic E-state index is 5.65. The lowest BCUT2D eigenvalue weighted by Gasteiger charge is -2.25. The molecule has 0 amide bonds. The molecule has 0 bridgehead atoms. The van der Waals surface area contributed by atoms with E-state index in [1.807, 2.05) is 12.1 Å². The van der Waals surface area contributed by atoms with Crippen LogP contribution < -0.4 is 10.2 Å². The Morgan fingerprint density at radius 2 is 2.17 bits per heavy atom. The van der Waals surface area contributed by atoms with Crippen LogP contribution in [0.25, 0.3) is 11.6 Å². The van der Waals surface area contributed by atoms with Gasteiger partial charge in [0.2, 0.25) is 5.95 Å².